The molecule has 1 aromatic heterocycles. The van der Waals surface area contributed by atoms with E-state index < -0.39 is 0 Å². The first-order chi connectivity index (χ1) is 13.7. The summed E-state index contributed by atoms with van der Waals surface area (Å²) >= 11 is 0. The van der Waals surface area contributed by atoms with Crippen LogP contribution in [-0.2, 0) is 11.3 Å². The number of ether oxygens (including phenoxy) is 1. The Morgan fingerprint density at radius 1 is 1.32 bits per heavy atom. The number of benzene rings is 1. The third-order valence-corrected chi connectivity index (χ3v) is 5.17. The Hall–Kier alpha value is -2.38. The first kappa shape index (κ1) is 20.4. The number of para-hydroxylation sites is 1. The maximum Gasteiger partial charge on any atom is 0.191 e. The number of nitrogens with zero attached hydrogens (tertiary/aromatic N) is 3. The highest BCUT2D eigenvalue weighted by Gasteiger charge is 2.34. The smallest absolute Gasteiger partial charge is 0.191 e. The summed E-state index contributed by atoms with van der Waals surface area (Å²) in [4.78, 5) is 4.78. The van der Waals surface area contributed by atoms with E-state index in [2.05, 4.69) is 34.8 Å². The lowest BCUT2D eigenvalue weighted by Gasteiger charge is -2.27. The van der Waals surface area contributed by atoms with Gasteiger partial charge in [0, 0.05) is 37.9 Å². The molecule has 152 valence electrons. The monoisotopic (exact) mass is 385 g/mol. The maximum atomic E-state index is 9.42. The van der Waals surface area contributed by atoms with Gasteiger partial charge < -0.3 is 20.5 Å². The molecule has 0 aliphatic carbocycles. The highest BCUT2D eigenvalue weighted by atomic mass is 16.5. The van der Waals surface area contributed by atoms with E-state index in [1.165, 1.54) is 0 Å². The van der Waals surface area contributed by atoms with E-state index >= 15 is 0 Å². The van der Waals surface area contributed by atoms with Gasteiger partial charge in [0.15, 0.2) is 5.96 Å². The first-order valence-corrected chi connectivity index (χ1v) is 9.97. The van der Waals surface area contributed by atoms with Gasteiger partial charge in [-0.15, -0.1) is 0 Å². The number of aliphatic hydroxyl groups is 1. The second-order valence-corrected chi connectivity index (χ2v) is 7.36. The van der Waals surface area contributed by atoms with Gasteiger partial charge in [-0.3, -0.25) is 0 Å². The van der Waals surface area contributed by atoms with Crippen molar-refractivity contribution in [3.63, 3.8) is 0 Å². The zero-order chi connectivity index (χ0) is 19.8. The molecule has 0 radical (unpaired) electrons. The molecule has 7 nitrogen and oxygen atoms in total. The molecule has 1 aliphatic rings. The van der Waals surface area contributed by atoms with Crippen molar-refractivity contribution in [2.45, 2.75) is 33.2 Å². The molecular formula is C21H31N5O2. The van der Waals surface area contributed by atoms with Gasteiger partial charge in [0.1, 0.15) is 0 Å². The molecule has 3 N–H and O–H groups in total. The lowest BCUT2D eigenvalue weighted by molar-refractivity contribution is 0.127. The van der Waals surface area contributed by atoms with Crippen LogP contribution in [-0.4, -0.2) is 53.8 Å². The van der Waals surface area contributed by atoms with Crippen LogP contribution in [0, 0.1) is 12.3 Å². The van der Waals surface area contributed by atoms with Gasteiger partial charge in [-0.2, -0.15) is 5.10 Å². The number of hydrogen-bond acceptors (Lipinski definition) is 4. The topological polar surface area (TPSA) is 83.7 Å². The SMILES string of the molecule is CCNC(=NCc1ccccc1-n1ccc(C)n1)NCC1(CCO)CCOC1. The van der Waals surface area contributed by atoms with E-state index in [0.29, 0.717) is 13.2 Å². The fraction of sp³-hybridized carbons (Fsp3) is 0.524. The molecule has 1 atom stereocenters. The van der Waals surface area contributed by atoms with Crippen LogP contribution in [0.1, 0.15) is 31.0 Å². The summed E-state index contributed by atoms with van der Waals surface area (Å²) in [7, 11) is 0. The molecule has 1 fully saturated rings. The quantitative estimate of drug-likeness (QED) is 0.478. The molecule has 7 heteroatoms. The molecule has 2 heterocycles. The summed E-state index contributed by atoms with van der Waals surface area (Å²) in [5.41, 5.74) is 3.12. The van der Waals surface area contributed by atoms with Gasteiger partial charge in [0.25, 0.3) is 0 Å². The number of aliphatic imine (C=N–C) groups is 1. The lowest BCUT2D eigenvalue weighted by atomic mass is 9.84. The third kappa shape index (κ3) is 5.11. The van der Waals surface area contributed by atoms with Crippen molar-refractivity contribution >= 4 is 5.96 Å². The molecule has 1 aromatic carbocycles. The maximum absolute atomic E-state index is 9.42. The van der Waals surface area contributed by atoms with Crippen molar-refractivity contribution in [2.24, 2.45) is 10.4 Å². The Bertz CT molecular complexity index is 781. The molecule has 1 unspecified atom stereocenters. The number of aliphatic hydroxyl groups excluding tert-OH is 1. The Morgan fingerprint density at radius 2 is 2.18 bits per heavy atom. The van der Waals surface area contributed by atoms with Crippen molar-refractivity contribution in [1.29, 1.82) is 0 Å². The van der Waals surface area contributed by atoms with E-state index in [-0.39, 0.29) is 12.0 Å². The predicted octanol–water partition coefficient (Wildman–Crippen LogP) is 2.02. The highest BCUT2D eigenvalue weighted by Crippen LogP contribution is 2.31. The van der Waals surface area contributed by atoms with Gasteiger partial charge in [0.05, 0.1) is 24.5 Å². The highest BCUT2D eigenvalue weighted by molar-refractivity contribution is 5.79. The fourth-order valence-electron chi connectivity index (χ4n) is 3.51. The second-order valence-electron chi connectivity index (χ2n) is 7.36. The van der Waals surface area contributed by atoms with E-state index in [1.807, 2.05) is 36.0 Å². The molecule has 0 amide bonds. The number of rotatable bonds is 8. The molecule has 2 aromatic rings. The van der Waals surface area contributed by atoms with Crippen LogP contribution in [0.15, 0.2) is 41.5 Å². The van der Waals surface area contributed by atoms with Crippen molar-refractivity contribution < 1.29 is 9.84 Å². The third-order valence-electron chi connectivity index (χ3n) is 5.17. The van der Waals surface area contributed by atoms with Crippen LogP contribution in [0.5, 0.6) is 0 Å². The number of aryl methyl sites for hydroxylation is 1. The van der Waals surface area contributed by atoms with E-state index in [4.69, 9.17) is 9.73 Å². The van der Waals surface area contributed by atoms with Crippen LogP contribution in [0.4, 0.5) is 0 Å². The number of hydrogen-bond donors (Lipinski definition) is 3. The molecule has 0 bridgehead atoms. The van der Waals surface area contributed by atoms with Gasteiger partial charge in [-0.1, -0.05) is 18.2 Å². The lowest BCUT2D eigenvalue weighted by Crippen LogP contribution is -2.44. The van der Waals surface area contributed by atoms with Crippen LogP contribution in [0.2, 0.25) is 0 Å². The molecule has 28 heavy (non-hydrogen) atoms. The first-order valence-electron chi connectivity index (χ1n) is 9.97. The average molecular weight is 386 g/mol. The van der Waals surface area contributed by atoms with E-state index in [9.17, 15) is 5.11 Å². The summed E-state index contributed by atoms with van der Waals surface area (Å²) in [6.45, 7) is 7.73. The largest absolute Gasteiger partial charge is 0.396 e. The molecule has 0 spiro atoms. The Labute approximate surface area is 166 Å². The Balaban J connectivity index is 1.71. The summed E-state index contributed by atoms with van der Waals surface area (Å²) < 4.78 is 7.48. The Kier molecular flexibility index (Phi) is 7.06. The number of guanidine groups is 1. The average Bonchev–Trinajstić information content (AvgIpc) is 3.34. The van der Waals surface area contributed by atoms with E-state index in [0.717, 1.165) is 55.4 Å². The summed E-state index contributed by atoms with van der Waals surface area (Å²) in [6, 6.07) is 10.2. The van der Waals surface area contributed by atoms with Crippen molar-refractivity contribution in [3.8, 4) is 5.69 Å². The predicted molar refractivity (Wildman–Crippen MR) is 111 cm³/mol. The number of aromatic nitrogens is 2. The minimum absolute atomic E-state index is 0.0184. The second kappa shape index (κ2) is 9.71. The van der Waals surface area contributed by atoms with Crippen LogP contribution in [0.3, 0.4) is 0 Å². The molecule has 1 aliphatic heterocycles. The van der Waals surface area contributed by atoms with Gasteiger partial charge >= 0.3 is 0 Å². The molecular weight excluding hydrogens is 354 g/mol. The van der Waals surface area contributed by atoms with Crippen LogP contribution in [0.25, 0.3) is 5.69 Å². The van der Waals surface area contributed by atoms with Gasteiger partial charge in [-0.05, 0) is 44.4 Å². The van der Waals surface area contributed by atoms with E-state index in [1.54, 1.807) is 0 Å². The van der Waals surface area contributed by atoms with Crippen molar-refractivity contribution in [2.75, 3.05) is 32.9 Å². The molecule has 0 saturated carbocycles. The van der Waals surface area contributed by atoms with Crippen molar-refractivity contribution in [3.05, 3.63) is 47.8 Å². The Morgan fingerprint density at radius 3 is 2.86 bits per heavy atom. The molecule has 3 rings (SSSR count). The van der Waals surface area contributed by atoms with Crippen LogP contribution >= 0.6 is 0 Å². The summed E-state index contributed by atoms with van der Waals surface area (Å²) in [6.07, 6.45) is 3.67. The normalized spacial score (nSPS) is 19.8. The minimum Gasteiger partial charge on any atom is -0.396 e. The summed E-state index contributed by atoms with van der Waals surface area (Å²) in [5, 5.41) is 20.7. The fourth-order valence-corrected chi connectivity index (χ4v) is 3.51. The molecule has 1 saturated heterocycles. The van der Waals surface area contributed by atoms with Gasteiger partial charge in [-0.25, -0.2) is 9.67 Å². The van der Waals surface area contributed by atoms with Crippen molar-refractivity contribution in [1.82, 2.24) is 20.4 Å². The van der Waals surface area contributed by atoms with Gasteiger partial charge in [0.2, 0.25) is 0 Å². The standard InChI is InChI=1S/C21H31N5O2/c1-3-22-20(24-15-21(9-12-27)10-13-28-16-21)23-14-18-6-4-5-7-19(18)26-11-8-17(2)25-26/h4-8,11,27H,3,9-10,12-16H2,1-2H3,(H2,22,23,24). The summed E-state index contributed by atoms with van der Waals surface area (Å²) in [5.74, 6) is 0.776. The number of nitrogens with one attached hydrogen (secondary N) is 2. The zero-order valence-corrected chi connectivity index (χ0v) is 16.8. The zero-order valence-electron chi connectivity index (χ0n) is 16.8. The minimum atomic E-state index is -0.0184. The van der Waals surface area contributed by atoms with Crippen LogP contribution < -0.4 is 10.6 Å².